The lowest BCUT2D eigenvalue weighted by molar-refractivity contribution is -0.303. The van der Waals surface area contributed by atoms with Crippen molar-refractivity contribution < 1.29 is 50.0 Å². The summed E-state index contributed by atoms with van der Waals surface area (Å²) in [7, 11) is 0. The molecule has 1 amide bonds. The van der Waals surface area contributed by atoms with E-state index in [1.165, 1.54) is 238 Å². The topological polar surface area (TPSA) is 189 Å². The Hall–Kier alpha value is -1.93. The van der Waals surface area contributed by atoms with E-state index in [0.29, 0.717) is 19.3 Å². The van der Waals surface area contributed by atoms with Gasteiger partial charge in [0.2, 0.25) is 5.91 Å². The molecule has 1 fully saturated rings. The molecule has 0 aliphatic carbocycles. The Morgan fingerprint density at radius 1 is 0.415 bits per heavy atom. The first-order valence-electron chi connectivity index (χ1n) is 35.0. The molecule has 11 heteroatoms. The molecule has 0 aromatic heterocycles. The highest BCUT2D eigenvalue weighted by atomic mass is 16.7. The second-order valence-corrected chi connectivity index (χ2v) is 24.6. The zero-order chi connectivity index (χ0) is 59.6. The highest BCUT2D eigenvalue weighted by Crippen LogP contribution is 2.24. The number of aliphatic hydroxyl groups excluding tert-OH is 7. The molecule has 0 aromatic carbocycles. The maximum Gasteiger partial charge on any atom is 0.249 e. The van der Waals surface area contributed by atoms with Crippen LogP contribution in [-0.4, -0.2) is 110 Å². The average molecular weight is 1160 g/mol. The minimum atomic E-state index is -1.67. The fourth-order valence-electron chi connectivity index (χ4n) is 11.2. The van der Waals surface area contributed by atoms with E-state index in [1.54, 1.807) is 0 Å². The third-order valence-electron chi connectivity index (χ3n) is 16.8. The molecule has 1 rings (SSSR count). The first-order chi connectivity index (χ1) is 40.2. The molecule has 82 heavy (non-hydrogen) atoms. The van der Waals surface area contributed by atoms with Crippen LogP contribution in [0.1, 0.15) is 328 Å². The van der Waals surface area contributed by atoms with Gasteiger partial charge in [-0.05, 0) is 89.9 Å². The van der Waals surface area contributed by atoms with Gasteiger partial charge >= 0.3 is 0 Å². The fraction of sp³-hybridized carbons (Fsp3) is 0.873. The van der Waals surface area contributed by atoms with Crippen LogP contribution in [0.25, 0.3) is 0 Å². The Morgan fingerprint density at radius 2 is 0.732 bits per heavy atom. The molecule has 1 heterocycles. The molecular weight excluding hydrogens is 1030 g/mol. The normalized spacial score (nSPS) is 19.4. The SMILES string of the molecule is CCCCCCCCCCCCCC/C=C\CCCCCCCCCCCCCCCC(O)C(=O)NC(COC1OC(CO)C(O)C(O)C1O)C(O)C(O)CCC/C=C/CC/C=C/CC/C=C/CCCCCCCCCCCCCCC. The standard InChI is InChI=1S/C71H133NO10/c1-3-5-7-9-11-13-15-17-19-21-23-25-27-29-31-32-33-35-37-39-41-43-45-47-49-51-53-55-57-59-64(75)70(80)72-62(61-81-71-69(79)68(78)67(77)65(60-73)82-71)66(76)63(74)58-56-54-52-50-48-46-44-42-40-38-36-34-30-28-26-24-22-20-18-16-14-12-10-8-6-4-2/h29,31,34,36,42,44,50,52,62-69,71,73-79H,3-28,30,32-33,35,37-41,43,45-49,51,53-61H2,1-2H3,(H,72,80)/b31-29-,36-34+,44-42+,52-50+. The van der Waals surface area contributed by atoms with E-state index >= 15 is 0 Å². The Labute approximate surface area is 504 Å². The van der Waals surface area contributed by atoms with E-state index in [9.17, 15) is 40.5 Å². The van der Waals surface area contributed by atoms with Crippen LogP contribution in [0.4, 0.5) is 0 Å². The molecule has 482 valence electrons. The summed E-state index contributed by atoms with van der Waals surface area (Å²) in [4.78, 5) is 13.2. The Bertz CT molecular complexity index is 1470. The van der Waals surface area contributed by atoms with Crippen LogP contribution in [0.15, 0.2) is 48.6 Å². The van der Waals surface area contributed by atoms with Gasteiger partial charge in [-0.1, -0.05) is 287 Å². The highest BCUT2D eigenvalue weighted by molar-refractivity contribution is 5.80. The van der Waals surface area contributed by atoms with Crippen molar-refractivity contribution >= 4 is 5.91 Å². The zero-order valence-electron chi connectivity index (χ0n) is 53.2. The molecule has 9 unspecified atom stereocenters. The molecule has 8 N–H and O–H groups in total. The van der Waals surface area contributed by atoms with Crippen molar-refractivity contribution in [3.63, 3.8) is 0 Å². The molecule has 0 aromatic rings. The number of hydrogen-bond acceptors (Lipinski definition) is 10. The molecule has 1 aliphatic rings. The Morgan fingerprint density at radius 3 is 1.09 bits per heavy atom. The number of ether oxygens (including phenoxy) is 2. The van der Waals surface area contributed by atoms with Gasteiger partial charge in [0, 0.05) is 0 Å². The van der Waals surface area contributed by atoms with E-state index in [4.69, 9.17) is 9.47 Å². The number of unbranched alkanes of at least 4 members (excludes halogenated alkanes) is 41. The number of amides is 1. The molecule has 11 nitrogen and oxygen atoms in total. The first kappa shape index (κ1) is 78.1. The second-order valence-electron chi connectivity index (χ2n) is 24.6. The molecular formula is C71H133NO10. The molecule has 0 radical (unpaired) electrons. The van der Waals surface area contributed by atoms with Gasteiger partial charge in [-0.15, -0.1) is 0 Å². The molecule has 0 saturated carbocycles. The van der Waals surface area contributed by atoms with Crippen LogP contribution >= 0.6 is 0 Å². The second kappa shape index (κ2) is 59.4. The average Bonchev–Trinajstić information content (AvgIpc) is 3.49. The van der Waals surface area contributed by atoms with Crippen molar-refractivity contribution in [2.75, 3.05) is 13.2 Å². The summed E-state index contributed by atoms with van der Waals surface area (Å²) >= 11 is 0. The summed E-state index contributed by atoms with van der Waals surface area (Å²) in [5.41, 5.74) is 0. The lowest BCUT2D eigenvalue weighted by atomic mass is 9.98. The van der Waals surface area contributed by atoms with E-state index in [0.717, 1.165) is 44.9 Å². The third-order valence-corrected chi connectivity index (χ3v) is 16.8. The Kier molecular flexibility index (Phi) is 56.6. The highest BCUT2D eigenvalue weighted by Gasteiger charge is 2.44. The van der Waals surface area contributed by atoms with Gasteiger partial charge in [0.15, 0.2) is 6.29 Å². The van der Waals surface area contributed by atoms with E-state index in [-0.39, 0.29) is 12.8 Å². The number of carbonyl (C=O) groups is 1. The molecule has 9 atom stereocenters. The van der Waals surface area contributed by atoms with Gasteiger partial charge in [-0.2, -0.15) is 0 Å². The Balaban J connectivity index is 2.24. The van der Waals surface area contributed by atoms with Gasteiger partial charge in [-0.25, -0.2) is 0 Å². The number of aliphatic hydroxyl groups is 7. The quantitative estimate of drug-likeness (QED) is 0.0215. The maximum atomic E-state index is 13.2. The van der Waals surface area contributed by atoms with Crippen molar-refractivity contribution in [1.29, 1.82) is 0 Å². The van der Waals surface area contributed by atoms with Crippen molar-refractivity contribution in [2.45, 2.75) is 384 Å². The van der Waals surface area contributed by atoms with Crippen LogP contribution in [-0.2, 0) is 14.3 Å². The van der Waals surface area contributed by atoms with Crippen LogP contribution in [0.2, 0.25) is 0 Å². The number of nitrogens with one attached hydrogen (secondary N) is 1. The first-order valence-corrected chi connectivity index (χ1v) is 35.0. The number of hydrogen-bond donors (Lipinski definition) is 8. The van der Waals surface area contributed by atoms with Gasteiger partial charge in [0.25, 0.3) is 0 Å². The number of carbonyl (C=O) groups excluding carboxylic acids is 1. The third kappa shape index (κ3) is 46.3. The lowest BCUT2D eigenvalue weighted by Crippen LogP contribution is -2.60. The minimum Gasteiger partial charge on any atom is -0.394 e. The van der Waals surface area contributed by atoms with Crippen LogP contribution in [0.3, 0.4) is 0 Å². The van der Waals surface area contributed by atoms with Gasteiger partial charge in [-0.3, -0.25) is 4.79 Å². The van der Waals surface area contributed by atoms with Crippen molar-refractivity contribution in [3.8, 4) is 0 Å². The van der Waals surface area contributed by atoms with Crippen molar-refractivity contribution in [2.24, 2.45) is 0 Å². The van der Waals surface area contributed by atoms with Crippen LogP contribution < -0.4 is 5.32 Å². The monoisotopic (exact) mass is 1160 g/mol. The number of rotatable bonds is 61. The smallest absolute Gasteiger partial charge is 0.249 e. The molecule has 0 bridgehead atoms. The summed E-state index contributed by atoms with van der Waals surface area (Å²) in [6.07, 6.45) is 66.2. The van der Waals surface area contributed by atoms with Crippen LogP contribution in [0.5, 0.6) is 0 Å². The zero-order valence-corrected chi connectivity index (χ0v) is 53.2. The van der Waals surface area contributed by atoms with Crippen molar-refractivity contribution in [3.05, 3.63) is 48.6 Å². The summed E-state index contributed by atoms with van der Waals surface area (Å²) in [6, 6.07) is -1.20. The van der Waals surface area contributed by atoms with E-state index in [2.05, 4.69) is 67.8 Å². The summed E-state index contributed by atoms with van der Waals surface area (Å²) in [5.74, 6) is -0.709. The van der Waals surface area contributed by atoms with E-state index in [1.807, 2.05) is 0 Å². The minimum absolute atomic E-state index is 0.241. The van der Waals surface area contributed by atoms with Gasteiger partial charge in [0.1, 0.15) is 36.6 Å². The summed E-state index contributed by atoms with van der Waals surface area (Å²) in [5, 5.41) is 76.4. The molecule has 1 saturated heterocycles. The fourth-order valence-corrected chi connectivity index (χ4v) is 11.2. The molecule has 1 aliphatic heterocycles. The van der Waals surface area contributed by atoms with E-state index < -0.39 is 74.2 Å². The van der Waals surface area contributed by atoms with Gasteiger partial charge < -0.3 is 50.5 Å². The van der Waals surface area contributed by atoms with Crippen LogP contribution in [0, 0.1) is 0 Å². The maximum absolute atomic E-state index is 13.2. The summed E-state index contributed by atoms with van der Waals surface area (Å²) < 4.78 is 11.2. The lowest BCUT2D eigenvalue weighted by Gasteiger charge is -2.40. The predicted molar refractivity (Wildman–Crippen MR) is 344 cm³/mol. The number of allylic oxidation sites excluding steroid dienone is 8. The van der Waals surface area contributed by atoms with Crippen molar-refractivity contribution in [1.82, 2.24) is 5.32 Å². The largest absolute Gasteiger partial charge is 0.394 e. The molecule has 0 spiro atoms. The predicted octanol–water partition coefficient (Wildman–Crippen LogP) is 16.7. The summed E-state index contributed by atoms with van der Waals surface area (Å²) in [6.45, 7) is 3.48. The van der Waals surface area contributed by atoms with Gasteiger partial charge in [0.05, 0.1) is 25.4 Å².